The van der Waals surface area contributed by atoms with Crippen molar-refractivity contribution in [3.63, 3.8) is 0 Å². The maximum absolute atomic E-state index is 11.9. The fraction of sp³-hybridized carbons (Fsp3) is 0.462. The molecule has 0 fully saturated rings. The molecule has 0 aliphatic carbocycles. The normalized spacial score (nSPS) is 14.3. The van der Waals surface area contributed by atoms with E-state index >= 15 is 0 Å². The molecule has 5 heteroatoms. The molecule has 0 unspecified atom stereocenters. The summed E-state index contributed by atoms with van der Waals surface area (Å²) < 4.78 is 6.33. The van der Waals surface area contributed by atoms with Gasteiger partial charge in [-0.25, -0.2) is 0 Å². The molecular formula is C13H16BrNO3. The Kier molecular flexibility index (Phi) is 4.60. The highest BCUT2D eigenvalue weighted by molar-refractivity contribution is 9.10. The number of benzene rings is 1. The number of ether oxygens (including phenoxy) is 1. The fourth-order valence-corrected chi connectivity index (χ4v) is 2.33. The Morgan fingerprint density at radius 3 is 2.94 bits per heavy atom. The summed E-state index contributed by atoms with van der Waals surface area (Å²) in [5.41, 5.74) is 0.824. The molecular weight excluding hydrogens is 298 g/mol. The highest BCUT2D eigenvalue weighted by atomic mass is 79.9. The predicted molar refractivity (Wildman–Crippen MR) is 72.9 cm³/mol. The second-order valence-electron chi connectivity index (χ2n) is 4.23. The van der Waals surface area contributed by atoms with E-state index in [1.165, 1.54) is 0 Å². The average Bonchev–Trinajstić information content (AvgIpc) is 2.36. The van der Waals surface area contributed by atoms with Crippen LogP contribution in [0.15, 0.2) is 22.7 Å². The minimum absolute atomic E-state index is 0.00963. The van der Waals surface area contributed by atoms with Crippen molar-refractivity contribution < 1.29 is 14.6 Å². The first-order valence-corrected chi connectivity index (χ1v) is 6.85. The highest BCUT2D eigenvalue weighted by Crippen LogP contribution is 2.34. The minimum Gasteiger partial charge on any atom is -0.482 e. The number of fused-ring (bicyclic) bond motifs is 1. The third kappa shape index (κ3) is 3.03. The van der Waals surface area contributed by atoms with E-state index in [0.717, 1.165) is 35.2 Å². The Balaban J connectivity index is 2.09. The molecule has 0 aromatic heterocycles. The van der Waals surface area contributed by atoms with E-state index < -0.39 is 0 Å². The lowest BCUT2D eigenvalue weighted by molar-refractivity contribution is -0.121. The third-order valence-electron chi connectivity index (χ3n) is 2.90. The molecule has 4 nitrogen and oxygen atoms in total. The van der Waals surface area contributed by atoms with E-state index in [0.29, 0.717) is 6.54 Å². The molecule has 1 aliphatic rings. The van der Waals surface area contributed by atoms with E-state index in [1.54, 1.807) is 4.90 Å². The van der Waals surface area contributed by atoms with E-state index in [2.05, 4.69) is 15.9 Å². The summed E-state index contributed by atoms with van der Waals surface area (Å²) in [6, 6.07) is 5.67. The summed E-state index contributed by atoms with van der Waals surface area (Å²) >= 11 is 3.40. The van der Waals surface area contributed by atoms with Crippen LogP contribution in [0.5, 0.6) is 5.75 Å². The molecule has 18 heavy (non-hydrogen) atoms. The maximum Gasteiger partial charge on any atom is 0.265 e. The molecule has 0 saturated carbocycles. The number of unbranched alkanes of at least 4 members (excludes halogenated alkanes) is 2. The highest BCUT2D eigenvalue weighted by Gasteiger charge is 2.24. The molecule has 0 radical (unpaired) electrons. The van der Waals surface area contributed by atoms with Gasteiger partial charge < -0.3 is 14.7 Å². The number of carbonyl (C=O) groups excluding carboxylic acids is 1. The number of nitrogens with zero attached hydrogens (tertiary/aromatic N) is 1. The predicted octanol–water partition coefficient (Wildman–Crippen LogP) is 2.34. The van der Waals surface area contributed by atoms with Gasteiger partial charge in [-0.1, -0.05) is 15.9 Å². The lowest BCUT2D eigenvalue weighted by Gasteiger charge is -2.29. The quantitative estimate of drug-likeness (QED) is 0.849. The minimum atomic E-state index is -0.00963. The maximum atomic E-state index is 11.9. The Morgan fingerprint density at radius 2 is 2.17 bits per heavy atom. The Bertz CT molecular complexity index is 436. The standard InChI is InChI=1S/C13H16BrNO3/c14-10-4-5-12-11(8-10)15(13(17)9-18-12)6-2-1-3-7-16/h4-5,8,16H,1-3,6-7,9H2. The zero-order valence-electron chi connectivity index (χ0n) is 10.1. The monoisotopic (exact) mass is 313 g/mol. The Morgan fingerprint density at radius 1 is 1.33 bits per heavy atom. The molecule has 98 valence electrons. The molecule has 1 aliphatic heterocycles. The van der Waals surface area contributed by atoms with Crippen molar-refractivity contribution >= 4 is 27.5 Å². The summed E-state index contributed by atoms with van der Waals surface area (Å²) in [5, 5.41) is 8.74. The van der Waals surface area contributed by atoms with Crippen LogP contribution in [0.1, 0.15) is 19.3 Å². The number of rotatable bonds is 5. The van der Waals surface area contributed by atoms with E-state index in [1.807, 2.05) is 18.2 Å². The van der Waals surface area contributed by atoms with Gasteiger partial charge in [0.2, 0.25) is 0 Å². The molecule has 2 rings (SSSR count). The molecule has 0 atom stereocenters. The van der Waals surface area contributed by atoms with Crippen molar-refractivity contribution in [3.8, 4) is 5.75 Å². The van der Waals surface area contributed by atoms with Gasteiger partial charge in [-0.2, -0.15) is 0 Å². The summed E-state index contributed by atoms with van der Waals surface area (Å²) in [6.07, 6.45) is 2.59. The van der Waals surface area contributed by atoms with Crippen LogP contribution in [0.4, 0.5) is 5.69 Å². The lowest BCUT2D eigenvalue weighted by Crippen LogP contribution is -2.39. The van der Waals surface area contributed by atoms with Crippen molar-refractivity contribution in [1.29, 1.82) is 0 Å². The first kappa shape index (κ1) is 13.4. The summed E-state index contributed by atoms with van der Waals surface area (Å²) in [6.45, 7) is 0.986. The van der Waals surface area contributed by atoms with Gasteiger partial charge in [0.15, 0.2) is 6.61 Å². The number of amides is 1. The van der Waals surface area contributed by atoms with Gasteiger partial charge in [-0.3, -0.25) is 4.79 Å². The molecule has 1 amide bonds. The van der Waals surface area contributed by atoms with Crippen LogP contribution < -0.4 is 9.64 Å². The smallest absolute Gasteiger partial charge is 0.265 e. The molecule has 0 bridgehead atoms. The van der Waals surface area contributed by atoms with E-state index in [4.69, 9.17) is 9.84 Å². The zero-order chi connectivity index (χ0) is 13.0. The van der Waals surface area contributed by atoms with Crippen LogP contribution in [-0.2, 0) is 4.79 Å². The zero-order valence-corrected chi connectivity index (χ0v) is 11.6. The van der Waals surface area contributed by atoms with Crippen molar-refractivity contribution in [2.45, 2.75) is 19.3 Å². The van der Waals surface area contributed by atoms with E-state index in [9.17, 15) is 4.79 Å². The second-order valence-corrected chi connectivity index (χ2v) is 5.15. The molecule has 1 heterocycles. The number of halogens is 1. The molecule has 0 saturated heterocycles. The average molecular weight is 314 g/mol. The van der Waals surface area contributed by atoms with Gasteiger partial charge in [-0.15, -0.1) is 0 Å². The molecule has 1 N–H and O–H groups in total. The molecule has 1 aromatic carbocycles. The van der Waals surface area contributed by atoms with Crippen LogP contribution in [-0.4, -0.2) is 30.8 Å². The number of hydrogen-bond acceptors (Lipinski definition) is 3. The van der Waals surface area contributed by atoms with Gasteiger partial charge >= 0.3 is 0 Å². The van der Waals surface area contributed by atoms with Crippen molar-refractivity contribution in [2.75, 3.05) is 24.7 Å². The van der Waals surface area contributed by atoms with Gasteiger partial charge in [0, 0.05) is 17.6 Å². The van der Waals surface area contributed by atoms with Crippen molar-refractivity contribution in [2.24, 2.45) is 0 Å². The summed E-state index contributed by atoms with van der Waals surface area (Å²) in [5.74, 6) is 0.740. The second kappa shape index (κ2) is 6.20. The number of hydrogen-bond donors (Lipinski definition) is 1. The first-order valence-electron chi connectivity index (χ1n) is 6.06. The third-order valence-corrected chi connectivity index (χ3v) is 3.40. The SMILES string of the molecule is O=C1COc2ccc(Br)cc2N1CCCCCO. The number of aliphatic hydroxyl groups excluding tert-OH is 1. The van der Waals surface area contributed by atoms with Crippen molar-refractivity contribution in [3.05, 3.63) is 22.7 Å². The first-order chi connectivity index (χ1) is 8.72. The van der Waals surface area contributed by atoms with Crippen molar-refractivity contribution in [1.82, 2.24) is 0 Å². The number of carbonyl (C=O) groups is 1. The van der Waals surface area contributed by atoms with E-state index in [-0.39, 0.29) is 19.1 Å². The fourth-order valence-electron chi connectivity index (χ4n) is 1.98. The Hall–Kier alpha value is -1.07. The van der Waals surface area contributed by atoms with Crippen LogP contribution >= 0.6 is 15.9 Å². The van der Waals surface area contributed by atoms with Gasteiger partial charge in [0.05, 0.1) is 5.69 Å². The van der Waals surface area contributed by atoms with Gasteiger partial charge in [0.1, 0.15) is 5.75 Å². The molecule has 0 spiro atoms. The summed E-state index contributed by atoms with van der Waals surface area (Å²) in [7, 11) is 0. The number of aliphatic hydroxyl groups is 1. The van der Waals surface area contributed by atoms with Crippen LogP contribution in [0, 0.1) is 0 Å². The largest absolute Gasteiger partial charge is 0.482 e. The lowest BCUT2D eigenvalue weighted by atomic mass is 10.2. The van der Waals surface area contributed by atoms with Crippen LogP contribution in [0.25, 0.3) is 0 Å². The number of anilines is 1. The summed E-state index contributed by atoms with van der Waals surface area (Å²) in [4.78, 5) is 13.6. The topological polar surface area (TPSA) is 49.8 Å². The molecule has 1 aromatic rings. The van der Waals surface area contributed by atoms with Crippen LogP contribution in [0.3, 0.4) is 0 Å². The van der Waals surface area contributed by atoms with Gasteiger partial charge in [0.25, 0.3) is 5.91 Å². The van der Waals surface area contributed by atoms with Crippen LogP contribution in [0.2, 0.25) is 0 Å². The van der Waals surface area contributed by atoms with Gasteiger partial charge in [-0.05, 0) is 37.5 Å². The Labute approximate surface area is 115 Å².